The van der Waals surface area contributed by atoms with Crippen LogP contribution in [0.1, 0.15) is 37.6 Å². The Bertz CT molecular complexity index is 222. The Kier molecular flexibility index (Phi) is 3.12. The first-order valence-corrected chi connectivity index (χ1v) is 4.91. The normalized spacial score (nSPS) is 13.4. The third-order valence-electron chi connectivity index (χ3n) is 1.81. The molecule has 0 aliphatic rings. The minimum atomic E-state index is 0.482. The molecule has 0 bridgehead atoms. The maximum Gasteiger partial charge on any atom is 0.139 e. The van der Waals surface area contributed by atoms with Crippen molar-refractivity contribution in [3.63, 3.8) is 0 Å². The summed E-state index contributed by atoms with van der Waals surface area (Å²) in [6.45, 7) is 4.28. The number of rotatable bonds is 3. The van der Waals surface area contributed by atoms with Crippen LogP contribution in [0.4, 0.5) is 0 Å². The van der Waals surface area contributed by atoms with Gasteiger partial charge in [0, 0.05) is 17.3 Å². The maximum atomic E-state index is 5.13. The number of halogens is 1. The first kappa shape index (κ1) is 8.78. The molecule has 11 heavy (non-hydrogen) atoms. The molecule has 0 radical (unpaired) electrons. The molecule has 1 rings (SSSR count). The highest BCUT2D eigenvalue weighted by molar-refractivity contribution is 9.08. The third-order valence-corrected chi connectivity index (χ3v) is 2.39. The van der Waals surface area contributed by atoms with E-state index in [-0.39, 0.29) is 0 Å². The second-order valence-electron chi connectivity index (χ2n) is 2.66. The van der Waals surface area contributed by atoms with Crippen LogP contribution in [0.5, 0.6) is 0 Å². The lowest BCUT2D eigenvalue weighted by Crippen LogP contribution is -1.86. The van der Waals surface area contributed by atoms with Gasteiger partial charge in [0.15, 0.2) is 0 Å². The van der Waals surface area contributed by atoms with E-state index in [2.05, 4.69) is 34.9 Å². The van der Waals surface area contributed by atoms with Crippen LogP contribution in [0.2, 0.25) is 0 Å². The van der Waals surface area contributed by atoms with Gasteiger partial charge in [-0.1, -0.05) is 34.9 Å². The molecular formula is C8H12BrNO. The van der Waals surface area contributed by atoms with Crippen molar-refractivity contribution in [3.05, 3.63) is 17.5 Å². The Morgan fingerprint density at radius 3 is 2.91 bits per heavy atom. The van der Waals surface area contributed by atoms with Gasteiger partial charge in [0.2, 0.25) is 0 Å². The van der Waals surface area contributed by atoms with Crippen molar-refractivity contribution < 1.29 is 4.52 Å². The molecule has 1 unspecified atom stereocenters. The average molecular weight is 218 g/mol. The molecule has 3 heteroatoms. The van der Waals surface area contributed by atoms with Gasteiger partial charge in [-0.05, 0) is 6.42 Å². The SMILES string of the molecule is CCC(C)c1cc(CBr)no1. The predicted octanol–water partition coefficient (Wildman–Crippen LogP) is 3.08. The van der Waals surface area contributed by atoms with Gasteiger partial charge in [0.25, 0.3) is 0 Å². The van der Waals surface area contributed by atoms with Gasteiger partial charge in [-0.15, -0.1) is 0 Å². The van der Waals surface area contributed by atoms with Gasteiger partial charge >= 0.3 is 0 Å². The Hall–Kier alpha value is -0.310. The number of nitrogens with zero attached hydrogens (tertiary/aromatic N) is 1. The molecule has 0 aliphatic carbocycles. The van der Waals surface area contributed by atoms with Crippen LogP contribution in [-0.2, 0) is 5.33 Å². The fourth-order valence-corrected chi connectivity index (χ4v) is 1.09. The van der Waals surface area contributed by atoms with E-state index in [9.17, 15) is 0 Å². The van der Waals surface area contributed by atoms with Crippen molar-refractivity contribution >= 4 is 15.9 Å². The lowest BCUT2D eigenvalue weighted by molar-refractivity contribution is 0.360. The Balaban J connectivity index is 2.71. The number of hydrogen-bond donors (Lipinski definition) is 0. The van der Waals surface area contributed by atoms with E-state index in [0.717, 1.165) is 23.2 Å². The van der Waals surface area contributed by atoms with E-state index in [1.54, 1.807) is 0 Å². The summed E-state index contributed by atoms with van der Waals surface area (Å²) in [5, 5.41) is 4.65. The summed E-state index contributed by atoms with van der Waals surface area (Å²) in [6.07, 6.45) is 1.09. The summed E-state index contributed by atoms with van der Waals surface area (Å²) in [5.74, 6) is 1.47. The van der Waals surface area contributed by atoms with E-state index in [1.807, 2.05) is 6.07 Å². The van der Waals surface area contributed by atoms with Gasteiger partial charge in [-0.2, -0.15) is 0 Å². The highest BCUT2D eigenvalue weighted by Crippen LogP contribution is 2.19. The molecule has 0 aliphatic heterocycles. The lowest BCUT2D eigenvalue weighted by atomic mass is 10.1. The standard InChI is InChI=1S/C8H12BrNO/c1-3-6(2)8-4-7(5-9)10-11-8/h4,6H,3,5H2,1-2H3. The van der Waals surface area contributed by atoms with Crippen LogP contribution < -0.4 is 0 Å². The van der Waals surface area contributed by atoms with E-state index in [4.69, 9.17) is 4.52 Å². The van der Waals surface area contributed by atoms with Crippen LogP contribution in [0.15, 0.2) is 10.6 Å². The topological polar surface area (TPSA) is 26.0 Å². The van der Waals surface area contributed by atoms with Crippen molar-refractivity contribution in [3.8, 4) is 0 Å². The molecule has 0 fully saturated rings. The minimum absolute atomic E-state index is 0.482. The lowest BCUT2D eigenvalue weighted by Gasteiger charge is -1.99. The molecule has 0 aromatic carbocycles. The zero-order valence-corrected chi connectivity index (χ0v) is 8.39. The zero-order chi connectivity index (χ0) is 8.27. The molecule has 1 atom stereocenters. The predicted molar refractivity (Wildman–Crippen MR) is 47.8 cm³/mol. The van der Waals surface area contributed by atoms with E-state index < -0.39 is 0 Å². The number of alkyl halides is 1. The first-order valence-electron chi connectivity index (χ1n) is 3.79. The third kappa shape index (κ3) is 2.06. The van der Waals surface area contributed by atoms with Gasteiger partial charge in [-0.25, -0.2) is 0 Å². The minimum Gasteiger partial charge on any atom is -0.361 e. The monoisotopic (exact) mass is 217 g/mol. The van der Waals surface area contributed by atoms with Crippen LogP contribution in [0.3, 0.4) is 0 Å². The van der Waals surface area contributed by atoms with Crippen molar-refractivity contribution in [2.24, 2.45) is 0 Å². The molecule has 1 aromatic heterocycles. The van der Waals surface area contributed by atoms with Gasteiger partial charge in [0.05, 0.1) is 5.69 Å². The van der Waals surface area contributed by atoms with Gasteiger partial charge in [0.1, 0.15) is 5.76 Å². The quantitative estimate of drug-likeness (QED) is 0.728. The first-order chi connectivity index (χ1) is 5.27. The summed E-state index contributed by atoms with van der Waals surface area (Å²) >= 11 is 3.32. The highest BCUT2D eigenvalue weighted by Gasteiger charge is 2.08. The second-order valence-corrected chi connectivity index (χ2v) is 3.22. The molecule has 0 saturated carbocycles. The van der Waals surface area contributed by atoms with Crippen molar-refractivity contribution in [2.45, 2.75) is 31.5 Å². The van der Waals surface area contributed by atoms with Crippen LogP contribution in [0, 0.1) is 0 Å². The molecular weight excluding hydrogens is 206 g/mol. The summed E-state index contributed by atoms with van der Waals surface area (Å²) in [4.78, 5) is 0. The van der Waals surface area contributed by atoms with Crippen LogP contribution >= 0.6 is 15.9 Å². The Labute approximate surface area is 75.1 Å². The molecule has 0 N–H and O–H groups in total. The number of aromatic nitrogens is 1. The van der Waals surface area contributed by atoms with Crippen molar-refractivity contribution in [1.82, 2.24) is 5.16 Å². The van der Waals surface area contributed by atoms with E-state index in [0.29, 0.717) is 5.92 Å². The maximum absolute atomic E-state index is 5.13. The summed E-state index contributed by atoms with van der Waals surface area (Å²) in [6, 6.07) is 2.00. The van der Waals surface area contributed by atoms with Gasteiger partial charge in [-0.3, -0.25) is 0 Å². The Morgan fingerprint density at radius 2 is 2.45 bits per heavy atom. The summed E-state index contributed by atoms with van der Waals surface area (Å²) in [5.41, 5.74) is 0.973. The smallest absolute Gasteiger partial charge is 0.139 e. The Morgan fingerprint density at radius 1 is 1.73 bits per heavy atom. The average Bonchev–Trinajstić information content (AvgIpc) is 2.50. The van der Waals surface area contributed by atoms with Gasteiger partial charge < -0.3 is 4.52 Å². The molecule has 0 saturated heterocycles. The number of hydrogen-bond acceptors (Lipinski definition) is 2. The van der Waals surface area contributed by atoms with E-state index in [1.165, 1.54) is 0 Å². The molecule has 2 nitrogen and oxygen atoms in total. The fourth-order valence-electron chi connectivity index (χ4n) is 0.825. The molecule has 1 aromatic rings. The molecule has 1 heterocycles. The summed E-state index contributed by atoms with van der Waals surface area (Å²) in [7, 11) is 0. The highest BCUT2D eigenvalue weighted by atomic mass is 79.9. The second kappa shape index (κ2) is 3.90. The molecule has 62 valence electrons. The van der Waals surface area contributed by atoms with Crippen LogP contribution in [0.25, 0.3) is 0 Å². The summed E-state index contributed by atoms with van der Waals surface area (Å²) < 4.78 is 5.13. The fraction of sp³-hybridized carbons (Fsp3) is 0.625. The largest absolute Gasteiger partial charge is 0.361 e. The van der Waals surface area contributed by atoms with E-state index >= 15 is 0 Å². The molecule has 0 spiro atoms. The van der Waals surface area contributed by atoms with Crippen molar-refractivity contribution in [1.29, 1.82) is 0 Å². The van der Waals surface area contributed by atoms with Crippen molar-refractivity contribution in [2.75, 3.05) is 0 Å². The zero-order valence-electron chi connectivity index (χ0n) is 6.80. The van der Waals surface area contributed by atoms with Crippen LogP contribution in [-0.4, -0.2) is 5.16 Å². The molecule has 0 amide bonds.